The number of aromatic nitrogens is 2. The van der Waals surface area contributed by atoms with Crippen molar-refractivity contribution >= 4 is 17.6 Å². The molecule has 3 aromatic rings. The Hall–Kier alpha value is -3.61. The van der Waals surface area contributed by atoms with Crippen LogP contribution >= 0.6 is 0 Å². The monoisotopic (exact) mass is 444 g/mol. The lowest BCUT2D eigenvalue weighted by atomic mass is 9.90. The van der Waals surface area contributed by atoms with E-state index >= 15 is 0 Å². The highest BCUT2D eigenvalue weighted by atomic mass is 16.1. The SMILES string of the molecule is CCNC(=NCc1c(C)nn(Cc2ccccc2)c1C)NCC1CC(=O)Nc2ccccc21. The van der Waals surface area contributed by atoms with Crippen LogP contribution in [0.2, 0.25) is 0 Å². The van der Waals surface area contributed by atoms with Crippen molar-refractivity contribution in [1.29, 1.82) is 0 Å². The van der Waals surface area contributed by atoms with Gasteiger partial charge in [-0.2, -0.15) is 5.10 Å². The van der Waals surface area contributed by atoms with E-state index in [1.165, 1.54) is 5.56 Å². The van der Waals surface area contributed by atoms with Crippen LogP contribution in [0, 0.1) is 13.8 Å². The topological polar surface area (TPSA) is 83.3 Å². The average molecular weight is 445 g/mol. The highest BCUT2D eigenvalue weighted by Crippen LogP contribution is 2.31. The number of guanidine groups is 1. The zero-order valence-electron chi connectivity index (χ0n) is 19.6. The minimum Gasteiger partial charge on any atom is -0.357 e. The van der Waals surface area contributed by atoms with E-state index in [-0.39, 0.29) is 11.8 Å². The second kappa shape index (κ2) is 10.3. The molecule has 4 rings (SSSR count). The maximum Gasteiger partial charge on any atom is 0.225 e. The Balaban J connectivity index is 1.45. The van der Waals surface area contributed by atoms with Gasteiger partial charge in [0.25, 0.3) is 0 Å². The van der Waals surface area contributed by atoms with E-state index in [1.807, 2.05) is 35.9 Å². The maximum absolute atomic E-state index is 12.1. The van der Waals surface area contributed by atoms with Gasteiger partial charge in [0.05, 0.1) is 18.8 Å². The van der Waals surface area contributed by atoms with E-state index in [2.05, 4.69) is 60.1 Å². The van der Waals surface area contributed by atoms with E-state index in [4.69, 9.17) is 10.1 Å². The molecule has 1 aliphatic rings. The molecule has 7 nitrogen and oxygen atoms in total. The molecule has 0 aliphatic carbocycles. The Bertz CT molecular complexity index is 1130. The quantitative estimate of drug-likeness (QED) is 0.383. The fourth-order valence-corrected chi connectivity index (χ4v) is 4.28. The molecule has 1 aromatic heterocycles. The highest BCUT2D eigenvalue weighted by Gasteiger charge is 2.24. The molecule has 2 aromatic carbocycles. The van der Waals surface area contributed by atoms with Gasteiger partial charge >= 0.3 is 0 Å². The van der Waals surface area contributed by atoms with Gasteiger partial charge in [-0.1, -0.05) is 48.5 Å². The summed E-state index contributed by atoms with van der Waals surface area (Å²) in [5.41, 5.74) is 6.57. The van der Waals surface area contributed by atoms with Crippen LogP contribution in [0.25, 0.3) is 0 Å². The highest BCUT2D eigenvalue weighted by molar-refractivity contribution is 5.94. The van der Waals surface area contributed by atoms with Crippen LogP contribution in [-0.4, -0.2) is 34.7 Å². The second-order valence-corrected chi connectivity index (χ2v) is 8.41. The van der Waals surface area contributed by atoms with Crippen molar-refractivity contribution in [3.05, 3.63) is 82.7 Å². The molecule has 0 fully saturated rings. The Labute approximate surface area is 195 Å². The first kappa shape index (κ1) is 22.6. The third-order valence-corrected chi connectivity index (χ3v) is 6.07. The van der Waals surface area contributed by atoms with Gasteiger partial charge in [-0.25, -0.2) is 4.99 Å². The fraction of sp³-hybridized carbons (Fsp3) is 0.346. The number of benzene rings is 2. The lowest BCUT2D eigenvalue weighted by Gasteiger charge is -2.26. The Morgan fingerprint density at radius 2 is 1.88 bits per heavy atom. The summed E-state index contributed by atoms with van der Waals surface area (Å²) in [5, 5.41) is 14.5. The molecule has 1 aliphatic heterocycles. The number of anilines is 1. The fourth-order valence-electron chi connectivity index (χ4n) is 4.28. The number of fused-ring (bicyclic) bond motifs is 1. The van der Waals surface area contributed by atoms with Crippen molar-refractivity contribution in [3.63, 3.8) is 0 Å². The predicted molar refractivity (Wildman–Crippen MR) is 132 cm³/mol. The standard InChI is InChI=1S/C26H32N6O/c1-4-27-26(28-15-21-14-25(33)30-24-13-9-8-12-22(21)24)29-16-23-18(2)31-32(19(23)3)17-20-10-6-5-7-11-20/h5-13,21H,4,14-17H2,1-3H3,(H,30,33)(H2,27,28,29). The van der Waals surface area contributed by atoms with Crippen LogP contribution in [0.1, 0.15) is 47.3 Å². The molecule has 0 radical (unpaired) electrons. The number of nitrogens with one attached hydrogen (secondary N) is 3. The summed E-state index contributed by atoms with van der Waals surface area (Å²) >= 11 is 0. The second-order valence-electron chi connectivity index (χ2n) is 8.41. The summed E-state index contributed by atoms with van der Waals surface area (Å²) in [7, 11) is 0. The zero-order valence-corrected chi connectivity index (χ0v) is 19.6. The van der Waals surface area contributed by atoms with Gasteiger partial charge < -0.3 is 16.0 Å². The number of carbonyl (C=O) groups is 1. The van der Waals surface area contributed by atoms with E-state index in [0.29, 0.717) is 19.5 Å². The normalized spacial score (nSPS) is 15.7. The summed E-state index contributed by atoms with van der Waals surface area (Å²) in [4.78, 5) is 17.0. The molecule has 172 valence electrons. The summed E-state index contributed by atoms with van der Waals surface area (Å²) in [6.45, 7) is 8.89. The van der Waals surface area contributed by atoms with Crippen LogP contribution in [-0.2, 0) is 17.9 Å². The Kier molecular flexibility index (Phi) is 7.07. The predicted octanol–water partition coefficient (Wildman–Crippen LogP) is 3.73. The van der Waals surface area contributed by atoms with Gasteiger partial charge in [-0.15, -0.1) is 0 Å². The largest absolute Gasteiger partial charge is 0.357 e. The third-order valence-electron chi connectivity index (χ3n) is 6.07. The summed E-state index contributed by atoms with van der Waals surface area (Å²) in [6, 6.07) is 18.4. The van der Waals surface area contributed by atoms with Crippen molar-refractivity contribution in [1.82, 2.24) is 20.4 Å². The molecule has 0 spiro atoms. The molecule has 3 N–H and O–H groups in total. The molecular formula is C26H32N6O. The van der Waals surface area contributed by atoms with Crippen LogP contribution in [0.4, 0.5) is 5.69 Å². The number of aryl methyl sites for hydroxylation is 1. The number of amides is 1. The molecule has 2 heterocycles. The van der Waals surface area contributed by atoms with Crippen LogP contribution < -0.4 is 16.0 Å². The number of rotatable bonds is 7. The van der Waals surface area contributed by atoms with E-state index in [0.717, 1.165) is 47.3 Å². The van der Waals surface area contributed by atoms with E-state index in [9.17, 15) is 4.79 Å². The third kappa shape index (κ3) is 5.42. The molecule has 0 saturated heterocycles. The lowest BCUT2D eigenvalue weighted by molar-refractivity contribution is -0.116. The van der Waals surface area contributed by atoms with E-state index < -0.39 is 0 Å². The Morgan fingerprint density at radius 3 is 2.67 bits per heavy atom. The van der Waals surface area contributed by atoms with Crippen molar-refractivity contribution < 1.29 is 4.79 Å². The van der Waals surface area contributed by atoms with Crippen LogP contribution in [0.5, 0.6) is 0 Å². The van der Waals surface area contributed by atoms with Crippen molar-refractivity contribution in [2.24, 2.45) is 4.99 Å². The number of nitrogens with zero attached hydrogens (tertiary/aromatic N) is 3. The zero-order chi connectivity index (χ0) is 23.2. The molecule has 0 saturated carbocycles. The first-order valence-corrected chi connectivity index (χ1v) is 11.5. The van der Waals surface area contributed by atoms with Crippen molar-refractivity contribution in [2.45, 2.75) is 46.2 Å². The molecule has 33 heavy (non-hydrogen) atoms. The Morgan fingerprint density at radius 1 is 1.12 bits per heavy atom. The van der Waals surface area contributed by atoms with Gasteiger partial charge in [0.2, 0.25) is 5.91 Å². The number of carbonyl (C=O) groups excluding carboxylic acids is 1. The number of para-hydroxylation sites is 1. The maximum atomic E-state index is 12.1. The minimum absolute atomic E-state index is 0.0551. The van der Waals surface area contributed by atoms with Crippen LogP contribution in [0.3, 0.4) is 0 Å². The molecular weight excluding hydrogens is 412 g/mol. The van der Waals surface area contributed by atoms with E-state index in [1.54, 1.807) is 0 Å². The van der Waals surface area contributed by atoms with Gasteiger partial charge in [0.1, 0.15) is 0 Å². The molecule has 1 unspecified atom stereocenters. The van der Waals surface area contributed by atoms with Crippen molar-refractivity contribution in [3.8, 4) is 0 Å². The van der Waals surface area contributed by atoms with Gasteiger partial charge in [-0.05, 0) is 38.0 Å². The number of hydrogen-bond acceptors (Lipinski definition) is 3. The minimum atomic E-state index is 0.0551. The number of aliphatic imine (C=N–C) groups is 1. The van der Waals surface area contributed by atoms with Crippen molar-refractivity contribution in [2.75, 3.05) is 18.4 Å². The summed E-state index contributed by atoms with van der Waals surface area (Å²) in [5.74, 6) is 0.908. The first-order valence-electron chi connectivity index (χ1n) is 11.5. The molecule has 1 amide bonds. The molecule has 0 bridgehead atoms. The lowest BCUT2D eigenvalue weighted by Crippen LogP contribution is -2.40. The van der Waals surface area contributed by atoms with Gasteiger partial charge in [-0.3, -0.25) is 9.48 Å². The van der Waals surface area contributed by atoms with Gasteiger partial charge in [0, 0.05) is 42.4 Å². The smallest absolute Gasteiger partial charge is 0.225 e. The van der Waals surface area contributed by atoms with Gasteiger partial charge in [0.15, 0.2) is 5.96 Å². The first-order chi connectivity index (χ1) is 16.0. The molecule has 1 atom stereocenters. The average Bonchev–Trinajstić information content (AvgIpc) is 3.08. The summed E-state index contributed by atoms with van der Waals surface area (Å²) in [6.07, 6.45) is 0.466. The summed E-state index contributed by atoms with van der Waals surface area (Å²) < 4.78 is 2.05. The number of hydrogen-bond donors (Lipinski definition) is 3. The van der Waals surface area contributed by atoms with Crippen LogP contribution in [0.15, 0.2) is 59.6 Å². The molecule has 7 heteroatoms.